The van der Waals surface area contributed by atoms with Gasteiger partial charge in [-0.15, -0.1) is 24.0 Å². The van der Waals surface area contributed by atoms with Gasteiger partial charge in [-0.1, -0.05) is 6.07 Å². The second kappa shape index (κ2) is 11.4. The normalized spacial score (nSPS) is 16.5. The number of nitrogens with zero attached hydrogens (tertiary/aromatic N) is 4. The fraction of sp³-hybridized carbons (Fsp3) is 0.429. The van der Waals surface area contributed by atoms with Gasteiger partial charge in [-0.25, -0.2) is 13.8 Å². The van der Waals surface area contributed by atoms with Gasteiger partial charge in [0.25, 0.3) is 0 Å². The second-order valence-electron chi connectivity index (χ2n) is 7.47. The van der Waals surface area contributed by atoms with Crippen LogP contribution in [0, 0.1) is 11.6 Å². The molecule has 9 heteroatoms. The minimum absolute atomic E-state index is 0. The summed E-state index contributed by atoms with van der Waals surface area (Å²) >= 11 is 0. The minimum Gasteiger partial charge on any atom is -0.352 e. The molecule has 0 saturated carbocycles. The molecule has 6 nitrogen and oxygen atoms in total. The van der Waals surface area contributed by atoms with Gasteiger partial charge in [-0.2, -0.15) is 0 Å². The molecule has 0 spiro atoms. The Bertz CT molecular complexity index is 861. The summed E-state index contributed by atoms with van der Waals surface area (Å²) < 4.78 is 27.9. The first-order valence-corrected chi connectivity index (χ1v) is 9.71. The smallest absolute Gasteiger partial charge is 0.191 e. The number of rotatable bonds is 6. The molecule has 1 saturated heterocycles. The molecule has 164 valence electrons. The Kier molecular flexibility index (Phi) is 9.22. The maximum Gasteiger partial charge on any atom is 0.191 e. The van der Waals surface area contributed by atoms with Crippen molar-refractivity contribution in [1.29, 1.82) is 0 Å². The summed E-state index contributed by atoms with van der Waals surface area (Å²) in [7, 11) is 5.54. The first kappa shape index (κ1) is 24.3. The van der Waals surface area contributed by atoms with Crippen molar-refractivity contribution in [2.45, 2.75) is 25.6 Å². The van der Waals surface area contributed by atoms with Gasteiger partial charge in [0.05, 0.1) is 0 Å². The van der Waals surface area contributed by atoms with Crippen LogP contribution >= 0.6 is 24.0 Å². The van der Waals surface area contributed by atoms with E-state index in [4.69, 9.17) is 0 Å². The van der Waals surface area contributed by atoms with E-state index < -0.39 is 0 Å². The van der Waals surface area contributed by atoms with Crippen LogP contribution in [0.3, 0.4) is 0 Å². The Hall–Kier alpha value is -2.01. The minimum atomic E-state index is -0.305. The van der Waals surface area contributed by atoms with Gasteiger partial charge >= 0.3 is 0 Å². The highest BCUT2D eigenvalue weighted by atomic mass is 127. The molecule has 1 unspecified atom stereocenters. The van der Waals surface area contributed by atoms with E-state index in [2.05, 4.69) is 20.6 Å². The third-order valence-electron chi connectivity index (χ3n) is 4.85. The zero-order valence-corrected chi connectivity index (χ0v) is 19.9. The van der Waals surface area contributed by atoms with Crippen LogP contribution in [0.25, 0.3) is 0 Å². The first-order chi connectivity index (χ1) is 14.0. The lowest BCUT2D eigenvalue weighted by Crippen LogP contribution is -2.44. The van der Waals surface area contributed by atoms with Crippen molar-refractivity contribution >= 4 is 35.8 Å². The Morgan fingerprint density at radius 2 is 2.07 bits per heavy atom. The van der Waals surface area contributed by atoms with Crippen LogP contribution in [0.1, 0.15) is 17.5 Å². The summed E-state index contributed by atoms with van der Waals surface area (Å²) in [6, 6.07) is 8.31. The average molecular weight is 530 g/mol. The maximum atomic E-state index is 14.0. The van der Waals surface area contributed by atoms with E-state index in [1.807, 2.05) is 30.0 Å². The van der Waals surface area contributed by atoms with Crippen molar-refractivity contribution in [1.82, 2.24) is 20.5 Å². The second-order valence-corrected chi connectivity index (χ2v) is 7.47. The lowest BCUT2D eigenvalue weighted by atomic mass is 10.1. The average Bonchev–Trinajstić information content (AvgIpc) is 3.15. The molecule has 0 aliphatic carbocycles. The van der Waals surface area contributed by atoms with E-state index >= 15 is 0 Å². The summed E-state index contributed by atoms with van der Waals surface area (Å²) in [4.78, 5) is 12.3. The Morgan fingerprint density at radius 1 is 1.27 bits per heavy atom. The van der Waals surface area contributed by atoms with Gasteiger partial charge < -0.3 is 20.4 Å². The number of halogens is 3. The van der Waals surface area contributed by atoms with Crippen molar-refractivity contribution < 1.29 is 8.78 Å². The van der Waals surface area contributed by atoms with Crippen molar-refractivity contribution in [3.63, 3.8) is 0 Å². The number of nitrogens with one attached hydrogen (secondary N) is 2. The predicted octanol–water partition coefficient (Wildman–Crippen LogP) is 2.98. The van der Waals surface area contributed by atoms with Crippen LogP contribution in [0.15, 0.2) is 41.5 Å². The predicted molar refractivity (Wildman–Crippen MR) is 127 cm³/mol. The van der Waals surface area contributed by atoms with Gasteiger partial charge in [-0.3, -0.25) is 4.99 Å². The summed E-state index contributed by atoms with van der Waals surface area (Å²) in [6.07, 6.45) is 2.47. The van der Waals surface area contributed by atoms with Crippen LogP contribution < -0.4 is 15.5 Å². The Balaban J connectivity index is 0.00000320. The summed E-state index contributed by atoms with van der Waals surface area (Å²) in [5.74, 6) is 0.551. The van der Waals surface area contributed by atoms with E-state index in [9.17, 15) is 8.78 Å². The maximum absolute atomic E-state index is 14.0. The molecule has 0 amide bonds. The lowest BCUT2D eigenvalue weighted by molar-refractivity contribution is 0.392. The van der Waals surface area contributed by atoms with E-state index in [0.717, 1.165) is 18.5 Å². The van der Waals surface area contributed by atoms with Gasteiger partial charge in [-0.05, 0) is 50.3 Å². The standard InChI is InChI=1S/C21H28F2N6.HI/c1-24-21(26-12-15-6-7-18(22)16(11-15)13-28(2)3)27-17-8-10-29(14-17)20-19(23)5-4-9-25-20;/h4-7,9,11,17H,8,10,12-14H2,1-3H3,(H2,24,26,27);1H. The summed E-state index contributed by atoms with van der Waals surface area (Å²) in [5, 5.41) is 6.65. The number of aromatic nitrogens is 1. The van der Waals surface area contributed by atoms with E-state index in [-0.39, 0.29) is 41.7 Å². The fourth-order valence-corrected chi connectivity index (χ4v) is 3.45. The van der Waals surface area contributed by atoms with Crippen LogP contribution in [0.5, 0.6) is 0 Å². The molecule has 3 rings (SSSR count). The van der Waals surface area contributed by atoms with Crippen LogP contribution in [0.4, 0.5) is 14.6 Å². The highest BCUT2D eigenvalue weighted by Crippen LogP contribution is 2.20. The monoisotopic (exact) mass is 530 g/mol. The number of aliphatic imine (C=N–C) groups is 1. The van der Waals surface area contributed by atoms with Crippen molar-refractivity contribution in [3.05, 3.63) is 59.3 Å². The third-order valence-corrected chi connectivity index (χ3v) is 4.85. The molecular weight excluding hydrogens is 501 g/mol. The lowest BCUT2D eigenvalue weighted by Gasteiger charge is -2.20. The Labute approximate surface area is 193 Å². The third kappa shape index (κ3) is 6.49. The fourth-order valence-electron chi connectivity index (χ4n) is 3.45. The number of hydrogen-bond acceptors (Lipinski definition) is 4. The number of hydrogen-bond donors (Lipinski definition) is 2. The number of guanidine groups is 1. The van der Waals surface area contributed by atoms with Crippen molar-refractivity contribution in [2.24, 2.45) is 4.99 Å². The van der Waals surface area contributed by atoms with Gasteiger partial charge in [0, 0.05) is 51.0 Å². The quantitative estimate of drug-likeness (QED) is 0.342. The zero-order valence-electron chi connectivity index (χ0n) is 17.5. The molecule has 30 heavy (non-hydrogen) atoms. The molecule has 1 aromatic carbocycles. The molecule has 0 radical (unpaired) electrons. The molecule has 1 aliphatic heterocycles. The van der Waals surface area contributed by atoms with E-state index in [1.165, 1.54) is 12.1 Å². The van der Waals surface area contributed by atoms with E-state index in [0.29, 0.717) is 37.0 Å². The van der Waals surface area contributed by atoms with Crippen LogP contribution in [-0.2, 0) is 13.1 Å². The van der Waals surface area contributed by atoms with Crippen LogP contribution in [-0.4, -0.2) is 56.1 Å². The topological polar surface area (TPSA) is 55.8 Å². The van der Waals surface area contributed by atoms with Gasteiger partial charge in [0.15, 0.2) is 17.6 Å². The molecule has 2 heterocycles. The molecular formula is C21H29F2IN6. The molecule has 1 aliphatic rings. The Morgan fingerprint density at radius 3 is 2.77 bits per heavy atom. The molecule has 2 aromatic rings. The summed E-state index contributed by atoms with van der Waals surface area (Å²) in [5.41, 5.74) is 1.65. The number of pyridine rings is 1. The number of benzene rings is 1. The van der Waals surface area contributed by atoms with Gasteiger partial charge in [0.2, 0.25) is 0 Å². The van der Waals surface area contributed by atoms with Crippen molar-refractivity contribution in [2.75, 3.05) is 39.1 Å². The molecule has 0 bridgehead atoms. The summed E-state index contributed by atoms with van der Waals surface area (Å²) in [6.45, 7) is 2.47. The highest BCUT2D eigenvalue weighted by Gasteiger charge is 2.25. The molecule has 1 aromatic heterocycles. The zero-order chi connectivity index (χ0) is 20.8. The molecule has 2 N–H and O–H groups in total. The largest absolute Gasteiger partial charge is 0.352 e. The van der Waals surface area contributed by atoms with E-state index in [1.54, 1.807) is 25.4 Å². The molecule has 1 fully saturated rings. The number of anilines is 1. The van der Waals surface area contributed by atoms with Crippen molar-refractivity contribution in [3.8, 4) is 0 Å². The first-order valence-electron chi connectivity index (χ1n) is 9.71. The SMILES string of the molecule is CN=C(NCc1ccc(F)c(CN(C)C)c1)NC1CCN(c2ncccc2F)C1.I. The highest BCUT2D eigenvalue weighted by molar-refractivity contribution is 14.0. The van der Waals surface area contributed by atoms with Crippen LogP contribution in [0.2, 0.25) is 0 Å². The molecule has 1 atom stereocenters. The van der Waals surface area contributed by atoms with Gasteiger partial charge in [0.1, 0.15) is 5.82 Å².